The predicted octanol–water partition coefficient (Wildman–Crippen LogP) is 2.07. The second-order valence-corrected chi connectivity index (χ2v) is 11.4. The number of aliphatic carboxylic acids is 1. The number of unbranched alkanes of at least 4 members (excludes halogenated alkanes) is 2. The fourth-order valence-electron chi connectivity index (χ4n) is 4.61. The van der Waals surface area contributed by atoms with Gasteiger partial charge in [-0.3, -0.25) is 28.8 Å². The third-order valence-electron chi connectivity index (χ3n) is 7.18. The first kappa shape index (κ1) is 39.9. The van der Waals surface area contributed by atoms with Gasteiger partial charge in [-0.25, -0.2) is 4.79 Å². The van der Waals surface area contributed by atoms with E-state index in [2.05, 4.69) is 38.3 Å². The van der Waals surface area contributed by atoms with E-state index in [1.54, 1.807) is 0 Å². The molecule has 0 aliphatic rings. The molecule has 0 fully saturated rings. The van der Waals surface area contributed by atoms with Crippen molar-refractivity contribution in [3.63, 3.8) is 0 Å². The number of hydroxylamine groups is 1. The molecule has 4 amide bonds. The summed E-state index contributed by atoms with van der Waals surface area (Å²) in [6, 6.07) is 17.0. The van der Waals surface area contributed by atoms with Gasteiger partial charge in [0.25, 0.3) is 11.8 Å². The molecule has 0 saturated heterocycles. The summed E-state index contributed by atoms with van der Waals surface area (Å²) in [6.07, 6.45) is 4.42. The Labute approximate surface area is 285 Å². The SMILES string of the molecule is CC(=O)OCC(=O)N[C@@H](CCCCNC(=O)CCC(=O)O)C(=O)NCCC(=O)ONC(=O)Cc1ccc(CCCCc2ccccc2)cc1. The van der Waals surface area contributed by atoms with Gasteiger partial charge in [0.2, 0.25) is 11.8 Å². The molecule has 0 unspecified atom stereocenters. The van der Waals surface area contributed by atoms with Gasteiger partial charge >= 0.3 is 17.9 Å². The minimum absolute atomic E-state index is 0.0129. The molecular formula is C35H46N4O10. The zero-order valence-corrected chi connectivity index (χ0v) is 27.8. The van der Waals surface area contributed by atoms with E-state index in [-0.39, 0.29) is 45.2 Å². The third-order valence-corrected chi connectivity index (χ3v) is 7.18. The van der Waals surface area contributed by atoms with Crippen molar-refractivity contribution in [3.05, 3.63) is 71.3 Å². The summed E-state index contributed by atoms with van der Waals surface area (Å²) < 4.78 is 4.66. The van der Waals surface area contributed by atoms with Gasteiger partial charge in [-0.1, -0.05) is 54.6 Å². The van der Waals surface area contributed by atoms with Crippen LogP contribution in [0.1, 0.15) is 75.0 Å². The Bertz CT molecular complexity index is 1380. The molecule has 14 heteroatoms. The summed E-state index contributed by atoms with van der Waals surface area (Å²) in [4.78, 5) is 87.4. The molecule has 0 spiro atoms. The first-order valence-corrected chi connectivity index (χ1v) is 16.3. The van der Waals surface area contributed by atoms with Crippen molar-refractivity contribution in [1.29, 1.82) is 0 Å². The Morgan fingerprint density at radius 3 is 2.00 bits per heavy atom. The topological polar surface area (TPSA) is 206 Å². The predicted molar refractivity (Wildman–Crippen MR) is 177 cm³/mol. The van der Waals surface area contributed by atoms with Crippen molar-refractivity contribution in [3.8, 4) is 0 Å². The Kier molecular flexibility index (Phi) is 18.8. The number of carbonyl (C=O) groups is 7. The van der Waals surface area contributed by atoms with Gasteiger partial charge in [0.1, 0.15) is 6.04 Å². The first-order chi connectivity index (χ1) is 23.5. The monoisotopic (exact) mass is 682 g/mol. The number of amides is 4. The fourth-order valence-corrected chi connectivity index (χ4v) is 4.61. The van der Waals surface area contributed by atoms with Crippen LogP contribution in [0.4, 0.5) is 0 Å². The Balaban J connectivity index is 1.68. The lowest BCUT2D eigenvalue weighted by molar-refractivity contribution is -0.158. The smallest absolute Gasteiger partial charge is 0.334 e. The second kappa shape index (κ2) is 23.1. The van der Waals surface area contributed by atoms with Crippen LogP contribution in [0.2, 0.25) is 0 Å². The average Bonchev–Trinajstić information content (AvgIpc) is 3.07. The molecular weight excluding hydrogens is 636 g/mol. The quantitative estimate of drug-likeness (QED) is 0.0694. The summed E-state index contributed by atoms with van der Waals surface area (Å²) in [5, 5.41) is 16.2. The van der Waals surface area contributed by atoms with E-state index >= 15 is 0 Å². The highest BCUT2D eigenvalue weighted by molar-refractivity contribution is 5.89. The van der Waals surface area contributed by atoms with Crippen LogP contribution < -0.4 is 21.4 Å². The highest BCUT2D eigenvalue weighted by atomic mass is 16.7. The van der Waals surface area contributed by atoms with Crippen LogP contribution in [0.25, 0.3) is 0 Å². The van der Waals surface area contributed by atoms with Crippen molar-refractivity contribution in [2.75, 3.05) is 19.7 Å². The van der Waals surface area contributed by atoms with E-state index in [0.29, 0.717) is 12.8 Å². The number of esters is 1. The van der Waals surface area contributed by atoms with Crippen LogP contribution in [-0.4, -0.2) is 72.4 Å². The number of carboxylic acids is 1. The van der Waals surface area contributed by atoms with E-state index in [1.807, 2.05) is 42.5 Å². The molecule has 1 atom stereocenters. The zero-order valence-electron chi connectivity index (χ0n) is 27.8. The summed E-state index contributed by atoms with van der Waals surface area (Å²) in [5.41, 5.74) is 5.38. The molecule has 0 saturated carbocycles. The van der Waals surface area contributed by atoms with Gasteiger partial charge in [-0.05, 0) is 61.6 Å². The molecule has 0 heterocycles. The maximum absolute atomic E-state index is 12.8. The van der Waals surface area contributed by atoms with Gasteiger partial charge < -0.3 is 30.6 Å². The number of rotatable bonds is 22. The molecule has 0 aliphatic heterocycles. The molecule has 2 rings (SSSR count). The van der Waals surface area contributed by atoms with Gasteiger partial charge in [-0.15, -0.1) is 0 Å². The second-order valence-electron chi connectivity index (χ2n) is 11.4. The van der Waals surface area contributed by atoms with Crippen LogP contribution in [0.3, 0.4) is 0 Å². The highest BCUT2D eigenvalue weighted by Crippen LogP contribution is 2.11. The Morgan fingerprint density at radius 1 is 0.694 bits per heavy atom. The molecule has 0 aliphatic carbocycles. The minimum atomic E-state index is -1.08. The van der Waals surface area contributed by atoms with Crippen LogP contribution in [0, 0.1) is 0 Å². The average molecular weight is 683 g/mol. The summed E-state index contributed by atoms with van der Waals surface area (Å²) in [6.45, 7) is 0.657. The van der Waals surface area contributed by atoms with Crippen molar-refractivity contribution in [2.24, 2.45) is 0 Å². The van der Waals surface area contributed by atoms with Gasteiger partial charge in [0, 0.05) is 26.4 Å². The number of hydrogen-bond acceptors (Lipinski definition) is 9. The summed E-state index contributed by atoms with van der Waals surface area (Å²) in [5.74, 6) is -4.76. The van der Waals surface area contributed by atoms with E-state index in [9.17, 15) is 33.6 Å². The molecule has 5 N–H and O–H groups in total. The van der Waals surface area contributed by atoms with Gasteiger partial charge in [-0.2, -0.15) is 5.48 Å². The Hall–Kier alpha value is -5.27. The lowest BCUT2D eigenvalue weighted by atomic mass is 10.0. The van der Waals surface area contributed by atoms with Crippen molar-refractivity contribution < 1.29 is 48.2 Å². The highest BCUT2D eigenvalue weighted by Gasteiger charge is 2.21. The number of hydrogen-bond donors (Lipinski definition) is 5. The molecule has 266 valence electrons. The maximum atomic E-state index is 12.8. The van der Waals surface area contributed by atoms with Crippen LogP contribution in [0.5, 0.6) is 0 Å². The molecule has 2 aromatic rings. The molecule has 0 bridgehead atoms. The molecule has 2 aromatic carbocycles. The third kappa shape index (κ3) is 19.2. The number of aryl methyl sites for hydroxylation is 2. The van der Waals surface area contributed by atoms with Gasteiger partial charge in [0.05, 0.1) is 19.3 Å². The zero-order chi connectivity index (χ0) is 35.9. The summed E-state index contributed by atoms with van der Waals surface area (Å²) >= 11 is 0. The summed E-state index contributed by atoms with van der Waals surface area (Å²) in [7, 11) is 0. The molecule has 0 aromatic heterocycles. The number of nitrogens with one attached hydrogen (secondary N) is 4. The number of carbonyl (C=O) groups excluding carboxylic acids is 6. The van der Waals surface area contributed by atoms with E-state index in [0.717, 1.165) is 38.2 Å². The molecule has 14 nitrogen and oxygen atoms in total. The normalized spacial score (nSPS) is 11.0. The van der Waals surface area contributed by atoms with Crippen LogP contribution >= 0.6 is 0 Å². The number of ether oxygens (including phenoxy) is 1. The molecule has 49 heavy (non-hydrogen) atoms. The van der Waals surface area contributed by atoms with Gasteiger partial charge in [0.15, 0.2) is 6.61 Å². The van der Waals surface area contributed by atoms with Crippen molar-refractivity contribution >= 4 is 41.5 Å². The van der Waals surface area contributed by atoms with E-state index < -0.39 is 54.2 Å². The van der Waals surface area contributed by atoms with E-state index in [4.69, 9.17) is 9.94 Å². The lowest BCUT2D eigenvalue weighted by Crippen LogP contribution is -2.48. The largest absolute Gasteiger partial charge is 0.481 e. The lowest BCUT2D eigenvalue weighted by Gasteiger charge is -2.18. The fraction of sp³-hybridized carbons (Fsp3) is 0.457. The van der Waals surface area contributed by atoms with Crippen LogP contribution in [0.15, 0.2) is 54.6 Å². The van der Waals surface area contributed by atoms with Crippen molar-refractivity contribution in [1.82, 2.24) is 21.4 Å². The molecule has 0 radical (unpaired) electrons. The van der Waals surface area contributed by atoms with Crippen molar-refractivity contribution in [2.45, 2.75) is 83.6 Å². The first-order valence-electron chi connectivity index (χ1n) is 16.3. The number of benzene rings is 2. The number of carboxylic acid groups (broad SMARTS) is 1. The van der Waals surface area contributed by atoms with Crippen LogP contribution in [-0.2, 0) is 62.4 Å². The standard InChI is InChI=1S/C35H46N4O10/c1-25(40)48-24-32(43)38-29(13-7-8-21-36-30(41)18-19-33(44)45)35(47)37-22-20-34(46)49-39-31(42)23-28-16-14-27(15-17-28)12-6-5-11-26-9-3-2-4-10-26/h2-4,9-10,14-17,29H,5-8,11-13,18-24H2,1H3,(H,36,41)(H,37,47)(H,38,43)(H,39,42)(H,44,45)/t29-/m0/s1. The Morgan fingerprint density at radius 2 is 1.35 bits per heavy atom. The maximum Gasteiger partial charge on any atom is 0.334 e. The minimum Gasteiger partial charge on any atom is -0.481 e. The van der Waals surface area contributed by atoms with E-state index in [1.165, 1.54) is 11.1 Å².